The minimum Gasteiger partial charge on any atom is -0.370 e. The van der Waals surface area contributed by atoms with E-state index in [-0.39, 0.29) is 17.4 Å². The second kappa shape index (κ2) is 4.82. The largest absolute Gasteiger partial charge is 0.370 e. The molecule has 0 bridgehead atoms. The molecule has 0 aliphatic carbocycles. The van der Waals surface area contributed by atoms with Crippen molar-refractivity contribution in [1.82, 2.24) is 10.3 Å². The van der Waals surface area contributed by atoms with Gasteiger partial charge in [0.25, 0.3) is 0 Å². The number of hydrogen-bond acceptors (Lipinski definition) is 3. The first-order valence-corrected chi connectivity index (χ1v) is 6.21. The molecule has 0 aliphatic rings. The third-order valence-electron chi connectivity index (χ3n) is 2.02. The van der Waals surface area contributed by atoms with Crippen LogP contribution in [0.1, 0.15) is 44.4 Å². The number of nitrogens with zero attached hydrogens (tertiary/aromatic N) is 1. The van der Waals surface area contributed by atoms with E-state index >= 15 is 0 Å². The lowest BCUT2D eigenvalue weighted by Crippen LogP contribution is -2.32. The lowest BCUT2D eigenvalue weighted by Gasteiger charge is -2.16. The minimum absolute atomic E-state index is 0.0104. The summed E-state index contributed by atoms with van der Waals surface area (Å²) in [5.74, 6) is -0.0138. The molecule has 16 heavy (non-hydrogen) atoms. The molecule has 4 N–H and O–H groups in total. The predicted molar refractivity (Wildman–Crippen MR) is 68.7 cm³/mol. The van der Waals surface area contributed by atoms with Crippen LogP contribution in [0.15, 0.2) is 5.38 Å². The second-order valence-electron chi connectivity index (χ2n) is 5.19. The molecule has 5 heteroatoms. The van der Waals surface area contributed by atoms with E-state index in [2.05, 4.69) is 36.5 Å². The van der Waals surface area contributed by atoms with E-state index < -0.39 is 0 Å². The Morgan fingerprint density at radius 1 is 1.62 bits per heavy atom. The molecule has 0 unspecified atom stereocenters. The standard InChI is InChI=1S/C11H20N4S/c1-7(14-10(12)13)9-15-8(6-16-9)5-11(2,3)4/h6-7H,5H2,1-4H3,(H4,12,13,14)/t7-/m0/s1. The maximum Gasteiger partial charge on any atom is 0.186 e. The van der Waals surface area contributed by atoms with Crippen molar-refractivity contribution in [3.63, 3.8) is 0 Å². The molecule has 1 heterocycles. The van der Waals surface area contributed by atoms with E-state index in [1.807, 2.05) is 6.92 Å². The maximum absolute atomic E-state index is 7.17. The Labute approximate surface area is 101 Å². The highest BCUT2D eigenvalue weighted by molar-refractivity contribution is 7.09. The van der Waals surface area contributed by atoms with Crippen molar-refractivity contribution >= 4 is 17.3 Å². The van der Waals surface area contributed by atoms with Gasteiger partial charge in [-0.15, -0.1) is 11.3 Å². The summed E-state index contributed by atoms with van der Waals surface area (Å²) in [5.41, 5.74) is 6.66. The summed E-state index contributed by atoms with van der Waals surface area (Å²) >= 11 is 1.61. The van der Waals surface area contributed by atoms with Crippen molar-refractivity contribution in [3.05, 3.63) is 16.1 Å². The fourth-order valence-corrected chi connectivity index (χ4v) is 2.27. The van der Waals surface area contributed by atoms with Crippen molar-refractivity contribution in [2.75, 3.05) is 0 Å². The van der Waals surface area contributed by atoms with Gasteiger partial charge < -0.3 is 11.1 Å². The molecule has 1 aromatic heterocycles. The Morgan fingerprint density at radius 3 is 2.75 bits per heavy atom. The number of thiazole rings is 1. The SMILES string of the molecule is C[C@H](NC(=N)N)c1nc(CC(C)(C)C)cs1. The number of nitrogens with one attached hydrogen (secondary N) is 2. The zero-order chi connectivity index (χ0) is 12.3. The van der Waals surface area contributed by atoms with Gasteiger partial charge in [-0.25, -0.2) is 4.98 Å². The summed E-state index contributed by atoms with van der Waals surface area (Å²) in [5, 5.41) is 13.1. The van der Waals surface area contributed by atoms with E-state index in [0.29, 0.717) is 0 Å². The topological polar surface area (TPSA) is 74.8 Å². The molecule has 1 rings (SSSR count). The van der Waals surface area contributed by atoms with Crippen molar-refractivity contribution in [1.29, 1.82) is 5.41 Å². The van der Waals surface area contributed by atoms with E-state index in [9.17, 15) is 0 Å². The molecule has 4 nitrogen and oxygen atoms in total. The van der Waals surface area contributed by atoms with E-state index in [1.165, 1.54) is 0 Å². The smallest absolute Gasteiger partial charge is 0.186 e. The Hall–Kier alpha value is -1.10. The van der Waals surface area contributed by atoms with Gasteiger partial charge >= 0.3 is 0 Å². The van der Waals surface area contributed by atoms with E-state index in [0.717, 1.165) is 17.1 Å². The van der Waals surface area contributed by atoms with Gasteiger partial charge in [-0.05, 0) is 18.8 Å². The first kappa shape index (κ1) is 13.0. The van der Waals surface area contributed by atoms with Gasteiger partial charge in [-0.2, -0.15) is 0 Å². The number of rotatable bonds is 3. The van der Waals surface area contributed by atoms with Crippen LogP contribution in [-0.4, -0.2) is 10.9 Å². The number of guanidine groups is 1. The fraction of sp³-hybridized carbons (Fsp3) is 0.636. The van der Waals surface area contributed by atoms with Gasteiger partial charge in [0, 0.05) is 5.38 Å². The molecule has 1 aromatic rings. The fourth-order valence-electron chi connectivity index (χ4n) is 1.44. The normalized spacial score (nSPS) is 13.5. The summed E-state index contributed by atoms with van der Waals surface area (Å²) in [4.78, 5) is 4.55. The molecule has 0 aromatic carbocycles. The van der Waals surface area contributed by atoms with Crippen LogP contribution >= 0.6 is 11.3 Å². The van der Waals surface area contributed by atoms with E-state index in [4.69, 9.17) is 11.1 Å². The zero-order valence-corrected chi connectivity index (χ0v) is 11.1. The van der Waals surface area contributed by atoms with Gasteiger partial charge in [0.05, 0.1) is 11.7 Å². The third-order valence-corrected chi connectivity index (χ3v) is 3.10. The quantitative estimate of drug-likeness (QED) is 0.560. The predicted octanol–water partition coefficient (Wildman–Crippen LogP) is 2.28. The molecular formula is C11H20N4S. The number of nitrogens with two attached hydrogens (primary N) is 1. The van der Waals surface area contributed by atoms with Crippen LogP contribution in [0.25, 0.3) is 0 Å². The molecule has 0 radical (unpaired) electrons. The summed E-state index contributed by atoms with van der Waals surface area (Å²) in [6, 6.07) is 0.0104. The van der Waals surface area contributed by atoms with Crippen LogP contribution in [0.4, 0.5) is 0 Å². The average molecular weight is 240 g/mol. The summed E-state index contributed by atoms with van der Waals surface area (Å²) in [7, 11) is 0. The monoisotopic (exact) mass is 240 g/mol. The molecule has 0 fully saturated rings. The highest BCUT2D eigenvalue weighted by atomic mass is 32.1. The highest BCUT2D eigenvalue weighted by Gasteiger charge is 2.16. The Bertz CT molecular complexity index is 364. The Morgan fingerprint density at radius 2 is 2.25 bits per heavy atom. The first-order chi connectivity index (χ1) is 7.28. The molecule has 0 saturated heterocycles. The van der Waals surface area contributed by atoms with Crippen molar-refractivity contribution in [2.24, 2.45) is 11.1 Å². The van der Waals surface area contributed by atoms with Crippen LogP contribution in [-0.2, 0) is 6.42 Å². The van der Waals surface area contributed by atoms with Gasteiger partial charge in [0.2, 0.25) is 0 Å². The van der Waals surface area contributed by atoms with Crippen LogP contribution in [0.5, 0.6) is 0 Å². The first-order valence-electron chi connectivity index (χ1n) is 5.33. The summed E-state index contributed by atoms with van der Waals surface area (Å²) in [6.45, 7) is 8.55. The van der Waals surface area contributed by atoms with Gasteiger partial charge in [-0.3, -0.25) is 5.41 Å². The van der Waals surface area contributed by atoms with Gasteiger partial charge in [0.15, 0.2) is 5.96 Å². The average Bonchev–Trinajstić information content (AvgIpc) is 2.48. The van der Waals surface area contributed by atoms with Crippen molar-refractivity contribution in [3.8, 4) is 0 Å². The third kappa shape index (κ3) is 4.18. The van der Waals surface area contributed by atoms with Crippen LogP contribution in [0, 0.1) is 10.8 Å². The minimum atomic E-state index is -0.0138. The molecule has 0 amide bonds. The molecule has 0 spiro atoms. The molecule has 1 atom stereocenters. The van der Waals surface area contributed by atoms with Crippen LogP contribution in [0.3, 0.4) is 0 Å². The molecular weight excluding hydrogens is 220 g/mol. The summed E-state index contributed by atoms with van der Waals surface area (Å²) < 4.78 is 0. The van der Waals surface area contributed by atoms with Gasteiger partial charge in [-0.1, -0.05) is 20.8 Å². The molecule has 90 valence electrons. The van der Waals surface area contributed by atoms with Crippen molar-refractivity contribution < 1.29 is 0 Å². The van der Waals surface area contributed by atoms with Crippen LogP contribution < -0.4 is 11.1 Å². The van der Waals surface area contributed by atoms with E-state index in [1.54, 1.807) is 11.3 Å². The Kier molecular flexibility index (Phi) is 3.91. The molecule has 0 aliphatic heterocycles. The zero-order valence-electron chi connectivity index (χ0n) is 10.3. The Balaban J connectivity index is 2.67. The molecule has 0 saturated carbocycles. The van der Waals surface area contributed by atoms with Crippen molar-refractivity contribution in [2.45, 2.75) is 40.2 Å². The summed E-state index contributed by atoms with van der Waals surface area (Å²) in [6.07, 6.45) is 0.969. The number of aromatic nitrogens is 1. The highest BCUT2D eigenvalue weighted by Crippen LogP contribution is 2.24. The maximum atomic E-state index is 7.17. The second-order valence-corrected chi connectivity index (χ2v) is 6.08. The number of hydrogen-bond donors (Lipinski definition) is 3. The lowest BCUT2D eigenvalue weighted by molar-refractivity contribution is 0.406. The lowest BCUT2D eigenvalue weighted by atomic mass is 9.91. The van der Waals surface area contributed by atoms with Crippen LogP contribution in [0.2, 0.25) is 0 Å². The van der Waals surface area contributed by atoms with Gasteiger partial charge in [0.1, 0.15) is 5.01 Å².